The van der Waals surface area contributed by atoms with E-state index in [1.54, 1.807) is 38.4 Å². The van der Waals surface area contributed by atoms with Gasteiger partial charge in [-0.25, -0.2) is 13.1 Å². The van der Waals surface area contributed by atoms with Crippen molar-refractivity contribution in [3.63, 3.8) is 0 Å². The highest BCUT2D eigenvalue weighted by Crippen LogP contribution is 2.21. The topological polar surface area (TPSA) is 88.2 Å². The molecule has 0 spiro atoms. The third kappa shape index (κ3) is 3.80. The lowest BCUT2D eigenvalue weighted by atomic mass is 10.0. The number of carbonyl (C=O) groups excluding carboxylic acids is 1. The van der Waals surface area contributed by atoms with Gasteiger partial charge in [-0.3, -0.25) is 9.78 Å². The van der Waals surface area contributed by atoms with Crippen LogP contribution in [0.15, 0.2) is 41.6 Å². The Bertz CT molecular complexity index is 849. The molecule has 0 aliphatic heterocycles. The fourth-order valence-electron chi connectivity index (χ4n) is 2.34. The number of sulfonamides is 1. The quantitative estimate of drug-likeness (QED) is 0.867. The molecule has 0 fully saturated rings. The zero-order valence-electron chi connectivity index (χ0n) is 14.1. The molecular weight excluding hydrogens is 326 g/mol. The second-order valence-corrected chi connectivity index (χ2v) is 7.46. The molecule has 6 nitrogen and oxygen atoms in total. The minimum atomic E-state index is -3.63. The molecule has 1 atom stereocenters. The number of hydrogen-bond donors (Lipinski definition) is 2. The van der Waals surface area contributed by atoms with E-state index in [1.165, 1.54) is 13.1 Å². The molecule has 2 N–H and O–H groups in total. The second kappa shape index (κ2) is 7.11. The minimum absolute atomic E-state index is 0.115. The molecule has 0 aliphatic rings. The molecule has 0 radical (unpaired) electrons. The Hall–Kier alpha value is -2.25. The highest BCUT2D eigenvalue weighted by atomic mass is 32.2. The van der Waals surface area contributed by atoms with Crippen LogP contribution in [-0.4, -0.2) is 26.4 Å². The zero-order valence-corrected chi connectivity index (χ0v) is 14.9. The molecule has 2 rings (SSSR count). The van der Waals surface area contributed by atoms with Gasteiger partial charge in [0.25, 0.3) is 5.91 Å². The molecule has 1 amide bonds. The normalized spacial score (nSPS) is 12.7. The molecule has 1 aromatic heterocycles. The van der Waals surface area contributed by atoms with Crippen LogP contribution in [0.1, 0.15) is 40.0 Å². The SMILES string of the molecule is CNS(=O)(=O)c1cc(C(=O)NC(C)c2cccnc2)cc(C)c1C. The van der Waals surface area contributed by atoms with Gasteiger partial charge in [0.1, 0.15) is 0 Å². The first kappa shape index (κ1) is 18.1. The van der Waals surface area contributed by atoms with Crippen LogP contribution >= 0.6 is 0 Å². The van der Waals surface area contributed by atoms with Crippen LogP contribution in [0.4, 0.5) is 0 Å². The second-order valence-electron chi connectivity index (χ2n) is 5.61. The van der Waals surface area contributed by atoms with E-state index in [0.29, 0.717) is 11.1 Å². The van der Waals surface area contributed by atoms with Crippen LogP contribution < -0.4 is 10.0 Å². The Morgan fingerprint density at radius 3 is 2.54 bits per heavy atom. The molecule has 0 saturated carbocycles. The van der Waals surface area contributed by atoms with Gasteiger partial charge in [-0.1, -0.05) is 6.07 Å². The van der Waals surface area contributed by atoms with Gasteiger partial charge >= 0.3 is 0 Å². The van der Waals surface area contributed by atoms with Gasteiger partial charge in [0.05, 0.1) is 10.9 Å². The van der Waals surface area contributed by atoms with Crippen molar-refractivity contribution in [2.75, 3.05) is 7.05 Å². The molecule has 0 bridgehead atoms. The van der Waals surface area contributed by atoms with E-state index < -0.39 is 10.0 Å². The van der Waals surface area contributed by atoms with Gasteiger partial charge in [-0.2, -0.15) is 0 Å². The highest BCUT2D eigenvalue weighted by molar-refractivity contribution is 7.89. The summed E-state index contributed by atoms with van der Waals surface area (Å²) in [7, 11) is -2.28. The van der Waals surface area contributed by atoms with Crippen LogP contribution in [0.2, 0.25) is 0 Å². The van der Waals surface area contributed by atoms with Crippen LogP contribution in [0.3, 0.4) is 0 Å². The number of carbonyl (C=O) groups is 1. The summed E-state index contributed by atoms with van der Waals surface area (Å²) in [6.45, 7) is 5.35. The third-order valence-electron chi connectivity index (χ3n) is 3.97. The van der Waals surface area contributed by atoms with E-state index >= 15 is 0 Å². The molecule has 1 heterocycles. The predicted molar refractivity (Wildman–Crippen MR) is 92.3 cm³/mol. The first-order valence-corrected chi connectivity index (χ1v) is 9.00. The minimum Gasteiger partial charge on any atom is -0.345 e. The average Bonchev–Trinajstić information content (AvgIpc) is 2.57. The van der Waals surface area contributed by atoms with Crippen LogP contribution in [-0.2, 0) is 10.0 Å². The molecular formula is C17H21N3O3S. The summed E-state index contributed by atoms with van der Waals surface area (Å²) < 4.78 is 26.6. The molecule has 0 saturated heterocycles. The third-order valence-corrected chi connectivity index (χ3v) is 5.51. The number of aryl methyl sites for hydroxylation is 1. The Labute approximate surface area is 142 Å². The van der Waals surface area contributed by atoms with E-state index in [1.807, 2.05) is 13.0 Å². The average molecular weight is 347 g/mol. The molecule has 2 aromatic rings. The van der Waals surface area contributed by atoms with Crippen molar-refractivity contribution in [2.24, 2.45) is 0 Å². The summed E-state index contributed by atoms with van der Waals surface area (Å²) >= 11 is 0. The highest BCUT2D eigenvalue weighted by Gasteiger charge is 2.20. The summed E-state index contributed by atoms with van der Waals surface area (Å²) in [5.41, 5.74) is 2.55. The Kier molecular flexibility index (Phi) is 5.36. The molecule has 1 unspecified atom stereocenters. The number of amides is 1. The number of rotatable bonds is 5. The first-order chi connectivity index (χ1) is 11.3. The van der Waals surface area contributed by atoms with E-state index in [2.05, 4.69) is 15.0 Å². The van der Waals surface area contributed by atoms with Gasteiger partial charge in [0.2, 0.25) is 10.0 Å². The number of aromatic nitrogens is 1. The van der Waals surface area contributed by atoms with Crippen molar-refractivity contribution >= 4 is 15.9 Å². The Morgan fingerprint density at radius 2 is 1.96 bits per heavy atom. The maximum absolute atomic E-state index is 12.5. The molecule has 1 aromatic carbocycles. The van der Waals surface area contributed by atoms with Gasteiger partial charge in [-0.05, 0) is 62.7 Å². The van der Waals surface area contributed by atoms with Crippen molar-refractivity contribution in [1.29, 1.82) is 0 Å². The summed E-state index contributed by atoms with van der Waals surface area (Å²) in [5, 5.41) is 2.86. The smallest absolute Gasteiger partial charge is 0.251 e. The zero-order chi connectivity index (χ0) is 17.9. The van der Waals surface area contributed by atoms with E-state index in [4.69, 9.17) is 0 Å². The predicted octanol–water partition coefficient (Wildman–Crippen LogP) is 2.10. The fourth-order valence-corrected chi connectivity index (χ4v) is 3.41. The summed E-state index contributed by atoms with van der Waals surface area (Å²) in [4.78, 5) is 16.7. The van der Waals surface area contributed by atoms with E-state index in [9.17, 15) is 13.2 Å². The Morgan fingerprint density at radius 1 is 1.25 bits per heavy atom. The summed E-state index contributed by atoms with van der Waals surface area (Å²) in [5.74, 6) is -0.331. The van der Waals surface area contributed by atoms with Crippen molar-refractivity contribution < 1.29 is 13.2 Å². The number of pyridine rings is 1. The van der Waals surface area contributed by atoms with Gasteiger partial charge in [0, 0.05) is 18.0 Å². The fraction of sp³-hybridized carbons (Fsp3) is 0.294. The summed E-state index contributed by atoms with van der Waals surface area (Å²) in [6.07, 6.45) is 3.35. The lowest BCUT2D eigenvalue weighted by Gasteiger charge is -2.16. The molecule has 128 valence electrons. The van der Waals surface area contributed by atoms with Crippen LogP contribution in [0, 0.1) is 13.8 Å². The standard InChI is InChI=1S/C17H21N3O3S/c1-11-8-15(9-16(12(11)2)24(22,23)18-4)17(21)20-13(3)14-6-5-7-19-10-14/h5-10,13,18H,1-4H3,(H,20,21). The molecule has 7 heteroatoms. The van der Waals surface area contributed by atoms with Crippen LogP contribution in [0.5, 0.6) is 0 Å². The molecule has 0 aliphatic carbocycles. The van der Waals surface area contributed by atoms with Crippen LogP contribution in [0.25, 0.3) is 0 Å². The number of benzene rings is 1. The number of nitrogens with zero attached hydrogens (tertiary/aromatic N) is 1. The van der Waals surface area contributed by atoms with Gasteiger partial charge < -0.3 is 5.32 Å². The van der Waals surface area contributed by atoms with Crippen molar-refractivity contribution in [2.45, 2.75) is 31.7 Å². The van der Waals surface area contributed by atoms with Crippen molar-refractivity contribution in [1.82, 2.24) is 15.0 Å². The van der Waals surface area contributed by atoms with Gasteiger partial charge in [-0.15, -0.1) is 0 Å². The van der Waals surface area contributed by atoms with Gasteiger partial charge in [0.15, 0.2) is 0 Å². The maximum Gasteiger partial charge on any atom is 0.251 e. The molecule has 24 heavy (non-hydrogen) atoms. The lowest BCUT2D eigenvalue weighted by molar-refractivity contribution is 0.0939. The Balaban J connectivity index is 2.34. The van der Waals surface area contributed by atoms with E-state index in [0.717, 1.165) is 11.1 Å². The maximum atomic E-state index is 12.5. The number of hydrogen-bond acceptors (Lipinski definition) is 4. The van der Waals surface area contributed by atoms with Crippen molar-refractivity contribution in [3.8, 4) is 0 Å². The van der Waals surface area contributed by atoms with E-state index in [-0.39, 0.29) is 16.8 Å². The first-order valence-electron chi connectivity index (χ1n) is 7.52. The van der Waals surface area contributed by atoms with Crippen molar-refractivity contribution in [3.05, 3.63) is 58.9 Å². The number of nitrogens with one attached hydrogen (secondary N) is 2. The lowest BCUT2D eigenvalue weighted by Crippen LogP contribution is -2.27. The summed E-state index contributed by atoms with van der Waals surface area (Å²) in [6, 6.07) is 6.52. The largest absolute Gasteiger partial charge is 0.345 e. The monoisotopic (exact) mass is 347 g/mol.